The predicted molar refractivity (Wildman–Crippen MR) is 73.6 cm³/mol. The maximum atomic E-state index is 11.0. The van der Waals surface area contributed by atoms with Gasteiger partial charge in [0.1, 0.15) is 0 Å². The molecule has 0 bridgehead atoms. The van der Waals surface area contributed by atoms with Crippen molar-refractivity contribution in [3.63, 3.8) is 0 Å². The second kappa shape index (κ2) is 5.40. The molecule has 0 aliphatic carbocycles. The average molecular weight is 243 g/mol. The van der Waals surface area contributed by atoms with E-state index in [1.54, 1.807) is 0 Å². The Bertz CT molecular complexity index is 532. The van der Waals surface area contributed by atoms with E-state index in [0.717, 1.165) is 29.2 Å². The fourth-order valence-electron chi connectivity index (χ4n) is 1.76. The van der Waals surface area contributed by atoms with Crippen molar-refractivity contribution in [2.45, 2.75) is 20.4 Å². The number of carbonyl (C=O) groups excluding carboxylic acids is 1. The Kier molecular flexibility index (Phi) is 3.67. The van der Waals surface area contributed by atoms with Crippen molar-refractivity contribution in [3.05, 3.63) is 47.8 Å². The van der Waals surface area contributed by atoms with Crippen LogP contribution in [0.4, 0.5) is 11.4 Å². The summed E-state index contributed by atoms with van der Waals surface area (Å²) < 4.78 is 0. The van der Waals surface area contributed by atoms with E-state index in [1.165, 1.54) is 6.92 Å². The highest BCUT2D eigenvalue weighted by molar-refractivity contribution is 5.89. The predicted octanol–water partition coefficient (Wildman–Crippen LogP) is 2.89. The van der Waals surface area contributed by atoms with Gasteiger partial charge in [-0.3, -0.25) is 4.79 Å². The highest BCUT2D eigenvalue weighted by Crippen LogP contribution is 2.20. The van der Waals surface area contributed by atoms with Crippen molar-refractivity contribution >= 4 is 17.3 Å². The number of aromatic amines is 1. The first-order valence-corrected chi connectivity index (χ1v) is 5.89. The summed E-state index contributed by atoms with van der Waals surface area (Å²) in [4.78, 5) is 14.2. The van der Waals surface area contributed by atoms with Gasteiger partial charge in [0.2, 0.25) is 5.91 Å². The summed E-state index contributed by atoms with van der Waals surface area (Å²) in [6.45, 7) is 4.28. The van der Waals surface area contributed by atoms with Crippen LogP contribution >= 0.6 is 0 Å². The monoisotopic (exact) mass is 243 g/mol. The molecule has 4 nitrogen and oxygen atoms in total. The van der Waals surface area contributed by atoms with Crippen LogP contribution in [0.5, 0.6) is 0 Å². The topological polar surface area (TPSA) is 56.9 Å². The van der Waals surface area contributed by atoms with Gasteiger partial charge in [-0.05, 0) is 36.8 Å². The number of nitrogens with one attached hydrogen (secondary N) is 3. The normalized spacial score (nSPS) is 10.1. The summed E-state index contributed by atoms with van der Waals surface area (Å²) in [5, 5.41) is 6.13. The molecule has 18 heavy (non-hydrogen) atoms. The van der Waals surface area contributed by atoms with Crippen molar-refractivity contribution < 1.29 is 4.79 Å². The zero-order valence-electron chi connectivity index (χ0n) is 10.6. The third-order valence-electron chi connectivity index (χ3n) is 2.69. The van der Waals surface area contributed by atoms with Crippen molar-refractivity contribution in [1.82, 2.24) is 4.98 Å². The van der Waals surface area contributed by atoms with Crippen molar-refractivity contribution in [1.29, 1.82) is 0 Å². The van der Waals surface area contributed by atoms with Gasteiger partial charge in [0.05, 0.1) is 6.54 Å². The smallest absolute Gasteiger partial charge is 0.221 e. The van der Waals surface area contributed by atoms with Gasteiger partial charge in [-0.15, -0.1) is 0 Å². The van der Waals surface area contributed by atoms with E-state index < -0.39 is 0 Å². The number of H-pyrrole nitrogens is 1. The van der Waals surface area contributed by atoms with Crippen LogP contribution in [0.25, 0.3) is 0 Å². The van der Waals surface area contributed by atoms with Crippen LogP contribution in [-0.2, 0) is 11.3 Å². The first-order valence-electron chi connectivity index (χ1n) is 5.89. The number of carbonyl (C=O) groups is 1. The van der Waals surface area contributed by atoms with Gasteiger partial charge < -0.3 is 15.6 Å². The summed E-state index contributed by atoms with van der Waals surface area (Å²) in [6.07, 6.45) is 1.90. The number of hydrogen-bond acceptors (Lipinski definition) is 2. The molecule has 0 spiro atoms. The maximum Gasteiger partial charge on any atom is 0.221 e. The first kappa shape index (κ1) is 12.2. The molecule has 2 aromatic rings. The third-order valence-corrected chi connectivity index (χ3v) is 2.69. The number of amides is 1. The van der Waals surface area contributed by atoms with E-state index in [-0.39, 0.29) is 5.91 Å². The molecule has 0 aliphatic rings. The van der Waals surface area contributed by atoms with Crippen LogP contribution in [-0.4, -0.2) is 10.9 Å². The third kappa shape index (κ3) is 3.13. The van der Waals surface area contributed by atoms with Gasteiger partial charge in [0, 0.05) is 30.2 Å². The van der Waals surface area contributed by atoms with Gasteiger partial charge in [-0.1, -0.05) is 6.07 Å². The summed E-state index contributed by atoms with van der Waals surface area (Å²) in [6, 6.07) is 9.83. The summed E-state index contributed by atoms with van der Waals surface area (Å²) in [5.41, 5.74) is 4.10. The molecule has 2 rings (SSSR count). The van der Waals surface area contributed by atoms with Crippen molar-refractivity contribution in [3.8, 4) is 0 Å². The molecule has 0 fully saturated rings. The fourth-order valence-corrected chi connectivity index (χ4v) is 1.76. The van der Waals surface area contributed by atoms with E-state index in [1.807, 2.05) is 43.5 Å². The molecule has 1 aromatic carbocycles. The molecule has 0 radical (unpaired) electrons. The maximum absolute atomic E-state index is 11.0. The fraction of sp³-hybridized carbons (Fsp3) is 0.214. The molecule has 0 unspecified atom stereocenters. The van der Waals surface area contributed by atoms with Gasteiger partial charge in [0.15, 0.2) is 0 Å². The largest absolute Gasteiger partial charge is 0.379 e. The van der Waals surface area contributed by atoms with E-state index in [0.29, 0.717) is 0 Å². The zero-order chi connectivity index (χ0) is 13.0. The molecular weight excluding hydrogens is 226 g/mol. The number of rotatable bonds is 4. The Balaban J connectivity index is 2.08. The van der Waals surface area contributed by atoms with Crippen LogP contribution in [0.3, 0.4) is 0 Å². The van der Waals surface area contributed by atoms with Crippen LogP contribution in [0.2, 0.25) is 0 Å². The van der Waals surface area contributed by atoms with Gasteiger partial charge >= 0.3 is 0 Å². The number of benzene rings is 1. The summed E-state index contributed by atoms with van der Waals surface area (Å²) in [7, 11) is 0. The lowest BCUT2D eigenvalue weighted by molar-refractivity contribution is -0.114. The Morgan fingerprint density at radius 2 is 2.17 bits per heavy atom. The standard InChI is InChI=1S/C14H17N3O/c1-10-5-6-12(17-11(2)18)8-14(10)16-9-13-4-3-7-15-13/h3-8,15-16H,9H2,1-2H3,(H,17,18). The molecule has 4 heteroatoms. The van der Waals surface area contributed by atoms with Crippen molar-refractivity contribution in [2.75, 3.05) is 10.6 Å². The Hall–Kier alpha value is -2.23. The van der Waals surface area contributed by atoms with E-state index >= 15 is 0 Å². The Labute approximate surface area is 106 Å². The Morgan fingerprint density at radius 1 is 1.33 bits per heavy atom. The van der Waals surface area contributed by atoms with Gasteiger partial charge in [0.25, 0.3) is 0 Å². The minimum Gasteiger partial charge on any atom is -0.379 e. The lowest BCUT2D eigenvalue weighted by Gasteiger charge is -2.11. The molecular formula is C14H17N3O. The highest BCUT2D eigenvalue weighted by atomic mass is 16.1. The second-order valence-corrected chi connectivity index (χ2v) is 4.26. The number of anilines is 2. The second-order valence-electron chi connectivity index (χ2n) is 4.26. The molecule has 94 valence electrons. The van der Waals surface area contributed by atoms with E-state index in [9.17, 15) is 4.79 Å². The Morgan fingerprint density at radius 3 is 2.83 bits per heavy atom. The van der Waals surface area contributed by atoms with Crippen LogP contribution in [0, 0.1) is 6.92 Å². The SMILES string of the molecule is CC(=O)Nc1ccc(C)c(NCc2ccc[nH]2)c1. The lowest BCUT2D eigenvalue weighted by atomic mass is 10.1. The molecule has 3 N–H and O–H groups in total. The molecule has 0 saturated carbocycles. The number of aromatic nitrogens is 1. The lowest BCUT2D eigenvalue weighted by Crippen LogP contribution is -2.07. The first-order chi connectivity index (χ1) is 8.65. The minimum atomic E-state index is -0.0610. The van der Waals surface area contributed by atoms with E-state index in [4.69, 9.17) is 0 Å². The van der Waals surface area contributed by atoms with Crippen molar-refractivity contribution in [2.24, 2.45) is 0 Å². The van der Waals surface area contributed by atoms with Gasteiger partial charge in [-0.25, -0.2) is 0 Å². The average Bonchev–Trinajstić information content (AvgIpc) is 2.82. The molecule has 0 aliphatic heterocycles. The minimum absolute atomic E-state index is 0.0610. The zero-order valence-corrected chi connectivity index (χ0v) is 10.6. The summed E-state index contributed by atoms with van der Waals surface area (Å²) in [5.74, 6) is -0.0610. The number of aryl methyl sites for hydroxylation is 1. The van der Waals surface area contributed by atoms with Gasteiger partial charge in [-0.2, -0.15) is 0 Å². The van der Waals surface area contributed by atoms with Crippen LogP contribution in [0.1, 0.15) is 18.2 Å². The quantitative estimate of drug-likeness (QED) is 0.773. The number of hydrogen-bond donors (Lipinski definition) is 3. The van der Waals surface area contributed by atoms with Crippen LogP contribution in [0.15, 0.2) is 36.5 Å². The molecule has 1 amide bonds. The highest BCUT2D eigenvalue weighted by Gasteiger charge is 2.02. The molecule has 0 saturated heterocycles. The summed E-state index contributed by atoms with van der Waals surface area (Å²) >= 11 is 0. The molecule has 0 atom stereocenters. The van der Waals surface area contributed by atoms with Crippen LogP contribution < -0.4 is 10.6 Å². The molecule has 1 heterocycles. The van der Waals surface area contributed by atoms with E-state index in [2.05, 4.69) is 15.6 Å². The molecule has 1 aromatic heterocycles.